The fourth-order valence-corrected chi connectivity index (χ4v) is 3.71. The van der Waals surface area contributed by atoms with E-state index in [-0.39, 0.29) is 16.9 Å². The lowest BCUT2D eigenvalue weighted by Crippen LogP contribution is -2.45. The largest absolute Gasteiger partial charge is 0.478 e. The summed E-state index contributed by atoms with van der Waals surface area (Å²) in [6.07, 6.45) is 6.09. The number of carbonyl (C=O) groups excluding carboxylic acids is 1. The highest BCUT2D eigenvalue weighted by Crippen LogP contribution is 2.26. The van der Waals surface area contributed by atoms with Gasteiger partial charge < -0.3 is 10.0 Å². The Morgan fingerprint density at radius 3 is 2.68 bits per heavy atom. The van der Waals surface area contributed by atoms with Crippen LogP contribution in [0.15, 0.2) is 36.7 Å². The maximum absolute atomic E-state index is 12.6. The SMILES string of the molecule is CC(C)(C)C(=O)N1CCCC(Cc2cncc(-c3ccccc3C(=O)O)n2)C1. The number of aromatic nitrogens is 2. The number of hydrogen-bond acceptors (Lipinski definition) is 4. The molecule has 0 aliphatic carbocycles. The highest BCUT2D eigenvalue weighted by atomic mass is 16.4. The van der Waals surface area contributed by atoms with Gasteiger partial charge in [0.05, 0.1) is 23.1 Å². The summed E-state index contributed by atoms with van der Waals surface area (Å²) in [7, 11) is 0. The van der Waals surface area contributed by atoms with Crippen molar-refractivity contribution in [1.82, 2.24) is 14.9 Å². The van der Waals surface area contributed by atoms with Gasteiger partial charge in [0.2, 0.25) is 5.91 Å². The van der Waals surface area contributed by atoms with E-state index < -0.39 is 5.97 Å². The summed E-state index contributed by atoms with van der Waals surface area (Å²) in [4.78, 5) is 35.0. The van der Waals surface area contributed by atoms with Gasteiger partial charge in [0.1, 0.15) is 0 Å². The lowest BCUT2D eigenvalue weighted by atomic mass is 9.89. The molecule has 3 rings (SSSR count). The maximum Gasteiger partial charge on any atom is 0.336 e. The summed E-state index contributed by atoms with van der Waals surface area (Å²) in [5, 5.41) is 9.42. The van der Waals surface area contributed by atoms with Crippen LogP contribution in [0.4, 0.5) is 0 Å². The van der Waals surface area contributed by atoms with E-state index in [0.717, 1.165) is 38.0 Å². The maximum atomic E-state index is 12.6. The molecule has 1 unspecified atom stereocenters. The number of nitrogens with zero attached hydrogens (tertiary/aromatic N) is 3. The molecule has 6 nitrogen and oxygen atoms in total. The minimum atomic E-state index is -0.980. The molecule has 2 heterocycles. The Hall–Kier alpha value is -2.76. The molecule has 1 aliphatic heterocycles. The van der Waals surface area contributed by atoms with Crippen molar-refractivity contribution >= 4 is 11.9 Å². The van der Waals surface area contributed by atoms with Gasteiger partial charge in [0.15, 0.2) is 0 Å². The molecule has 0 bridgehead atoms. The van der Waals surface area contributed by atoms with E-state index >= 15 is 0 Å². The molecule has 2 aromatic rings. The van der Waals surface area contributed by atoms with Crippen LogP contribution in [0.5, 0.6) is 0 Å². The Morgan fingerprint density at radius 2 is 1.96 bits per heavy atom. The number of piperidine rings is 1. The monoisotopic (exact) mass is 381 g/mol. The summed E-state index contributed by atoms with van der Waals surface area (Å²) in [6.45, 7) is 7.40. The summed E-state index contributed by atoms with van der Waals surface area (Å²) in [5.41, 5.74) is 1.80. The van der Waals surface area contributed by atoms with E-state index in [1.54, 1.807) is 36.7 Å². The first-order valence-electron chi connectivity index (χ1n) is 9.68. The molecule has 1 atom stereocenters. The molecule has 1 fully saturated rings. The molecule has 1 aliphatic rings. The molecular weight excluding hydrogens is 354 g/mol. The molecular formula is C22H27N3O3. The van der Waals surface area contributed by atoms with E-state index in [2.05, 4.69) is 9.97 Å². The molecule has 0 spiro atoms. The summed E-state index contributed by atoms with van der Waals surface area (Å²) >= 11 is 0. The van der Waals surface area contributed by atoms with Crippen LogP contribution in [0, 0.1) is 11.3 Å². The van der Waals surface area contributed by atoms with Crippen LogP contribution in [-0.2, 0) is 11.2 Å². The zero-order chi connectivity index (χ0) is 20.3. The molecule has 0 saturated carbocycles. The second kappa shape index (κ2) is 8.09. The normalized spacial score (nSPS) is 17.4. The van der Waals surface area contributed by atoms with Crippen molar-refractivity contribution in [3.8, 4) is 11.3 Å². The Bertz CT molecular complexity index is 873. The van der Waals surface area contributed by atoms with Crippen molar-refractivity contribution in [2.24, 2.45) is 11.3 Å². The molecule has 28 heavy (non-hydrogen) atoms. The molecule has 6 heteroatoms. The summed E-state index contributed by atoms with van der Waals surface area (Å²) < 4.78 is 0. The van der Waals surface area contributed by atoms with Crippen LogP contribution in [0.3, 0.4) is 0 Å². The van der Waals surface area contributed by atoms with Gasteiger partial charge in [0.25, 0.3) is 0 Å². The quantitative estimate of drug-likeness (QED) is 0.874. The van der Waals surface area contributed by atoms with Gasteiger partial charge >= 0.3 is 5.97 Å². The van der Waals surface area contributed by atoms with Gasteiger partial charge in [-0.05, 0) is 31.2 Å². The fraction of sp³-hybridized carbons (Fsp3) is 0.455. The summed E-state index contributed by atoms with van der Waals surface area (Å²) in [5.74, 6) is -0.460. The number of hydrogen-bond donors (Lipinski definition) is 1. The number of rotatable bonds is 4. The standard InChI is InChI=1S/C22H27N3O3/c1-22(2,3)21(28)25-10-6-7-15(14-25)11-16-12-23-13-19(24-16)17-8-4-5-9-18(17)20(26)27/h4-5,8-9,12-13,15H,6-7,10-11,14H2,1-3H3,(H,26,27). The Balaban J connectivity index is 1.77. The molecule has 1 saturated heterocycles. The number of amides is 1. The van der Waals surface area contributed by atoms with Crippen molar-refractivity contribution in [2.45, 2.75) is 40.0 Å². The van der Waals surface area contributed by atoms with Gasteiger partial charge in [-0.3, -0.25) is 9.78 Å². The first kappa shape index (κ1) is 20.0. The zero-order valence-corrected chi connectivity index (χ0v) is 16.7. The Kier molecular flexibility index (Phi) is 5.77. The van der Waals surface area contributed by atoms with E-state index in [1.807, 2.05) is 25.7 Å². The van der Waals surface area contributed by atoms with Crippen LogP contribution in [0.25, 0.3) is 11.3 Å². The smallest absolute Gasteiger partial charge is 0.336 e. The van der Waals surface area contributed by atoms with Gasteiger partial charge in [-0.1, -0.05) is 39.0 Å². The third kappa shape index (κ3) is 4.55. The highest BCUT2D eigenvalue weighted by molar-refractivity contribution is 5.95. The van der Waals surface area contributed by atoms with Gasteiger partial charge in [-0.15, -0.1) is 0 Å². The number of likely N-dealkylation sites (tertiary alicyclic amines) is 1. The second-order valence-corrected chi connectivity index (χ2v) is 8.46. The lowest BCUT2D eigenvalue weighted by molar-refractivity contribution is -0.141. The predicted octanol–water partition coefficient (Wildman–Crippen LogP) is 3.67. The van der Waals surface area contributed by atoms with E-state index in [0.29, 0.717) is 17.2 Å². The van der Waals surface area contributed by atoms with Crippen molar-refractivity contribution in [3.05, 3.63) is 47.9 Å². The number of aromatic carboxylic acids is 1. The Labute approximate surface area is 165 Å². The van der Waals surface area contributed by atoms with Crippen molar-refractivity contribution in [3.63, 3.8) is 0 Å². The Morgan fingerprint density at radius 1 is 1.21 bits per heavy atom. The third-order valence-corrected chi connectivity index (χ3v) is 5.06. The molecule has 1 aromatic heterocycles. The number of benzene rings is 1. The molecule has 1 aromatic carbocycles. The molecule has 1 N–H and O–H groups in total. The lowest BCUT2D eigenvalue weighted by Gasteiger charge is -2.36. The van der Waals surface area contributed by atoms with E-state index in [4.69, 9.17) is 0 Å². The minimum absolute atomic E-state index is 0.187. The molecule has 0 radical (unpaired) electrons. The first-order chi connectivity index (χ1) is 13.3. The summed E-state index contributed by atoms with van der Waals surface area (Å²) in [6, 6.07) is 6.82. The van der Waals surface area contributed by atoms with Gasteiger partial charge in [-0.2, -0.15) is 0 Å². The minimum Gasteiger partial charge on any atom is -0.478 e. The average molecular weight is 381 g/mol. The number of carboxylic acids is 1. The first-order valence-corrected chi connectivity index (χ1v) is 9.68. The second-order valence-electron chi connectivity index (χ2n) is 8.46. The molecule has 1 amide bonds. The van der Waals surface area contributed by atoms with Gasteiger partial charge in [-0.25, -0.2) is 9.78 Å². The van der Waals surface area contributed by atoms with Crippen LogP contribution in [0.2, 0.25) is 0 Å². The van der Waals surface area contributed by atoms with Crippen LogP contribution < -0.4 is 0 Å². The van der Waals surface area contributed by atoms with Crippen molar-refractivity contribution in [1.29, 1.82) is 0 Å². The zero-order valence-electron chi connectivity index (χ0n) is 16.7. The van der Waals surface area contributed by atoms with Gasteiger partial charge in [0, 0.05) is 30.3 Å². The van der Waals surface area contributed by atoms with Crippen LogP contribution in [-0.4, -0.2) is 44.9 Å². The van der Waals surface area contributed by atoms with Crippen molar-refractivity contribution < 1.29 is 14.7 Å². The number of carboxylic acid groups (broad SMARTS) is 1. The topological polar surface area (TPSA) is 83.4 Å². The van der Waals surface area contributed by atoms with Crippen LogP contribution in [0.1, 0.15) is 49.7 Å². The van der Waals surface area contributed by atoms with Crippen molar-refractivity contribution in [2.75, 3.05) is 13.1 Å². The number of carbonyl (C=O) groups is 2. The third-order valence-electron chi connectivity index (χ3n) is 5.06. The average Bonchev–Trinajstić information content (AvgIpc) is 2.67. The molecule has 148 valence electrons. The van der Waals surface area contributed by atoms with E-state index in [1.165, 1.54) is 0 Å². The van der Waals surface area contributed by atoms with E-state index in [9.17, 15) is 14.7 Å². The van der Waals surface area contributed by atoms with Crippen LogP contribution >= 0.6 is 0 Å². The predicted molar refractivity (Wildman–Crippen MR) is 107 cm³/mol. The fourth-order valence-electron chi connectivity index (χ4n) is 3.71. The highest BCUT2D eigenvalue weighted by Gasteiger charge is 2.31.